The summed E-state index contributed by atoms with van der Waals surface area (Å²) in [5.74, 6) is 1.51. The zero-order valence-electron chi connectivity index (χ0n) is 10.6. The van der Waals surface area contributed by atoms with E-state index in [-0.39, 0.29) is 6.10 Å². The summed E-state index contributed by atoms with van der Waals surface area (Å²) in [6.45, 7) is 8.36. The van der Waals surface area contributed by atoms with Crippen molar-refractivity contribution in [2.75, 3.05) is 13.6 Å². The van der Waals surface area contributed by atoms with Crippen molar-refractivity contribution in [3.63, 3.8) is 0 Å². The van der Waals surface area contributed by atoms with Gasteiger partial charge in [0.2, 0.25) is 0 Å². The van der Waals surface area contributed by atoms with Crippen LogP contribution in [0.5, 0.6) is 0 Å². The Kier molecular flexibility index (Phi) is 4.89. The molecule has 1 rings (SSSR count). The maximum atomic E-state index is 9.28. The van der Waals surface area contributed by atoms with E-state index in [0.717, 1.165) is 18.9 Å². The maximum absolute atomic E-state index is 9.28. The molecule has 1 aromatic heterocycles. The van der Waals surface area contributed by atoms with Crippen LogP contribution in [0.1, 0.15) is 26.6 Å². The molecular formula is C11H22N4O. The number of hydrogen-bond acceptors (Lipinski definition) is 4. The molecule has 16 heavy (non-hydrogen) atoms. The fourth-order valence-corrected chi connectivity index (χ4v) is 1.67. The first-order valence-corrected chi connectivity index (χ1v) is 5.72. The fraction of sp³-hybridized carbons (Fsp3) is 0.818. The smallest absolute Gasteiger partial charge is 0.141 e. The highest BCUT2D eigenvalue weighted by atomic mass is 16.3. The van der Waals surface area contributed by atoms with Crippen LogP contribution in [-0.4, -0.2) is 44.5 Å². The van der Waals surface area contributed by atoms with Crippen molar-refractivity contribution in [1.29, 1.82) is 0 Å². The largest absolute Gasteiger partial charge is 0.392 e. The molecule has 0 radical (unpaired) electrons. The number of aliphatic hydroxyl groups excluding tert-OH is 1. The molecule has 5 heteroatoms. The van der Waals surface area contributed by atoms with E-state index in [4.69, 9.17) is 0 Å². The SMILES string of the molecule is CC(C)Cn1ncnc1CN(C)CC(C)O. The Morgan fingerprint density at radius 3 is 2.69 bits per heavy atom. The highest BCUT2D eigenvalue weighted by Gasteiger charge is 2.10. The first-order chi connectivity index (χ1) is 7.49. The summed E-state index contributed by atoms with van der Waals surface area (Å²) in [7, 11) is 1.97. The van der Waals surface area contributed by atoms with Gasteiger partial charge in [0.05, 0.1) is 12.6 Å². The van der Waals surface area contributed by atoms with E-state index in [2.05, 4.69) is 23.9 Å². The molecule has 1 unspecified atom stereocenters. The van der Waals surface area contributed by atoms with Crippen LogP contribution in [0.15, 0.2) is 6.33 Å². The van der Waals surface area contributed by atoms with Crippen molar-refractivity contribution in [3.05, 3.63) is 12.2 Å². The van der Waals surface area contributed by atoms with Crippen molar-refractivity contribution in [2.45, 2.75) is 40.0 Å². The molecule has 92 valence electrons. The predicted octanol–water partition coefficient (Wildman–Crippen LogP) is 0.747. The van der Waals surface area contributed by atoms with Gasteiger partial charge >= 0.3 is 0 Å². The Bertz CT molecular complexity index is 309. The third-order valence-electron chi connectivity index (χ3n) is 2.22. The third-order valence-corrected chi connectivity index (χ3v) is 2.22. The quantitative estimate of drug-likeness (QED) is 0.777. The normalized spacial score (nSPS) is 13.7. The minimum Gasteiger partial charge on any atom is -0.392 e. The second kappa shape index (κ2) is 5.96. The number of likely N-dealkylation sites (N-methyl/N-ethyl adjacent to an activating group) is 1. The van der Waals surface area contributed by atoms with E-state index >= 15 is 0 Å². The molecule has 1 heterocycles. The van der Waals surface area contributed by atoms with Gasteiger partial charge in [-0.15, -0.1) is 0 Å². The molecule has 5 nitrogen and oxygen atoms in total. The molecule has 0 spiro atoms. The molecule has 0 aliphatic rings. The molecule has 0 saturated carbocycles. The summed E-state index contributed by atoms with van der Waals surface area (Å²) in [6.07, 6.45) is 1.28. The maximum Gasteiger partial charge on any atom is 0.141 e. The Morgan fingerprint density at radius 2 is 2.12 bits per heavy atom. The lowest BCUT2D eigenvalue weighted by Crippen LogP contribution is -2.28. The summed E-state index contributed by atoms with van der Waals surface area (Å²) in [6, 6.07) is 0. The molecule has 0 aliphatic carbocycles. The Labute approximate surface area is 97.1 Å². The summed E-state index contributed by atoms with van der Waals surface area (Å²) >= 11 is 0. The first-order valence-electron chi connectivity index (χ1n) is 5.72. The summed E-state index contributed by atoms with van der Waals surface area (Å²) in [5.41, 5.74) is 0. The van der Waals surface area contributed by atoms with Gasteiger partial charge in [0.1, 0.15) is 12.2 Å². The van der Waals surface area contributed by atoms with Gasteiger partial charge in [-0.25, -0.2) is 9.67 Å². The average Bonchev–Trinajstić information content (AvgIpc) is 2.50. The van der Waals surface area contributed by atoms with Gasteiger partial charge in [0.25, 0.3) is 0 Å². The van der Waals surface area contributed by atoms with E-state index in [0.29, 0.717) is 12.5 Å². The second-order valence-corrected chi connectivity index (χ2v) is 4.80. The van der Waals surface area contributed by atoms with E-state index in [1.165, 1.54) is 0 Å². The molecule has 0 saturated heterocycles. The van der Waals surface area contributed by atoms with Crippen molar-refractivity contribution in [1.82, 2.24) is 19.7 Å². The van der Waals surface area contributed by atoms with Crippen molar-refractivity contribution in [3.8, 4) is 0 Å². The average molecular weight is 226 g/mol. The van der Waals surface area contributed by atoms with Crippen molar-refractivity contribution < 1.29 is 5.11 Å². The van der Waals surface area contributed by atoms with Gasteiger partial charge in [0, 0.05) is 13.1 Å². The Morgan fingerprint density at radius 1 is 1.44 bits per heavy atom. The molecule has 0 bridgehead atoms. The summed E-state index contributed by atoms with van der Waals surface area (Å²) < 4.78 is 1.93. The monoisotopic (exact) mass is 226 g/mol. The van der Waals surface area contributed by atoms with Gasteiger partial charge in [-0.3, -0.25) is 4.90 Å². The second-order valence-electron chi connectivity index (χ2n) is 4.80. The number of aliphatic hydroxyl groups is 1. The highest BCUT2D eigenvalue weighted by molar-refractivity contribution is 4.84. The molecule has 1 aromatic rings. The minimum absolute atomic E-state index is 0.313. The van der Waals surface area contributed by atoms with E-state index in [1.807, 2.05) is 16.6 Å². The number of aromatic nitrogens is 3. The molecular weight excluding hydrogens is 204 g/mol. The zero-order chi connectivity index (χ0) is 12.1. The van der Waals surface area contributed by atoms with Crippen LogP contribution in [-0.2, 0) is 13.1 Å². The van der Waals surface area contributed by atoms with Gasteiger partial charge in [-0.05, 0) is 19.9 Å². The van der Waals surface area contributed by atoms with E-state index in [9.17, 15) is 5.11 Å². The van der Waals surface area contributed by atoms with Crippen LogP contribution < -0.4 is 0 Å². The fourth-order valence-electron chi connectivity index (χ4n) is 1.67. The molecule has 0 amide bonds. The van der Waals surface area contributed by atoms with Crippen molar-refractivity contribution in [2.24, 2.45) is 5.92 Å². The van der Waals surface area contributed by atoms with Crippen LogP contribution in [0.2, 0.25) is 0 Å². The molecule has 1 atom stereocenters. The van der Waals surface area contributed by atoms with Gasteiger partial charge < -0.3 is 5.11 Å². The lowest BCUT2D eigenvalue weighted by molar-refractivity contribution is 0.136. The van der Waals surface area contributed by atoms with Crippen LogP contribution in [0.3, 0.4) is 0 Å². The minimum atomic E-state index is -0.313. The van der Waals surface area contributed by atoms with Crippen molar-refractivity contribution >= 4 is 0 Å². The van der Waals surface area contributed by atoms with Crippen LogP contribution in [0.4, 0.5) is 0 Å². The Hall–Kier alpha value is -0.940. The number of nitrogens with zero attached hydrogens (tertiary/aromatic N) is 4. The summed E-state index contributed by atoms with van der Waals surface area (Å²) in [4.78, 5) is 6.29. The van der Waals surface area contributed by atoms with Gasteiger partial charge in [0.15, 0.2) is 0 Å². The van der Waals surface area contributed by atoms with Crippen LogP contribution in [0.25, 0.3) is 0 Å². The van der Waals surface area contributed by atoms with Gasteiger partial charge in [-0.2, -0.15) is 5.10 Å². The zero-order valence-corrected chi connectivity index (χ0v) is 10.6. The number of rotatable bonds is 6. The first kappa shape index (κ1) is 13.1. The lowest BCUT2D eigenvalue weighted by Gasteiger charge is -2.18. The number of hydrogen-bond donors (Lipinski definition) is 1. The molecule has 0 fully saturated rings. The van der Waals surface area contributed by atoms with E-state index in [1.54, 1.807) is 13.3 Å². The standard InChI is InChI=1S/C11H22N4O/c1-9(2)5-15-11(12-8-13-15)7-14(4)6-10(3)16/h8-10,16H,5-7H2,1-4H3. The molecule has 0 aliphatic heterocycles. The van der Waals surface area contributed by atoms with E-state index < -0.39 is 0 Å². The lowest BCUT2D eigenvalue weighted by atomic mass is 10.2. The van der Waals surface area contributed by atoms with Gasteiger partial charge in [-0.1, -0.05) is 13.8 Å². The molecule has 0 aromatic carbocycles. The van der Waals surface area contributed by atoms with Crippen LogP contribution in [0, 0.1) is 5.92 Å². The summed E-state index contributed by atoms with van der Waals surface area (Å²) in [5, 5.41) is 13.5. The molecule has 1 N–H and O–H groups in total. The third kappa shape index (κ3) is 4.28. The Balaban J connectivity index is 2.56. The topological polar surface area (TPSA) is 54.2 Å². The predicted molar refractivity (Wildman–Crippen MR) is 62.9 cm³/mol. The van der Waals surface area contributed by atoms with Crippen LogP contribution >= 0.6 is 0 Å². The highest BCUT2D eigenvalue weighted by Crippen LogP contribution is 2.04.